The Morgan fingerprint density at radius 2 is 0.742 bits per heavy atom. The fraction of sp³-hybridized carbons (Fsp3) is 0. The lowest BCUT2D eigenvalue weighted by Gasteiger charge is -2.29. The highest BCUT2D eigenvalue weighted by atomic mass is 16.3. The van der Waals surface area contributed by atoms with E-state index in [1.54, 1.807) is 0 Å². The van der Waals surface area contributed by atoms with Crippen molar-refractivity contribution in [2.24, 2.45) is 0 Å². The first-order valence-corrected chi connectivity index (χ1v) is 22.6. The second-order valence-corrected chi connectivity index (χ2v) is 16.8. The van der Waals surface area contributed by atoms with Crippen LogP contribution in [0.1, 0.15) is 0 Å². The van der Waals surface area contributed by atoms with Crippen molar-refractivity contribution in [3.8, 4) is 66.8 Å². The minimum Gasteiger partial charge on any atom is -0.455 e. The van der Waals surface area contributed by atoms with Gasteiger partial charge < -0.3 is 9.32 Å². The molecule has 0 saturated carbocycles. The molecule has 0 fully saturated rings. The van der Waals surface area contributed by atoms with Gasteiger partial charge in [0.2, 0.25) is 0 Å². The highest BCUT2D eigenvalue weighted by Crippen LogP contribution is 2.47. The number of benzene rings is 11. The molecular weight excluding hydrogens is 799 g/mol. The van der Waals surface area contributed by atoms with Crippen molar-refractivity contribution in [2.45, 2.75) is 0 Å². The molecule has 0 unspecified atom stereocenters. The fourth-order valence-corrected chi connectivity index (χ4v) is 9.75. The van der Waals surface area contributed by atoms with Crippen LogP contribution in [0.4, 0.5) is 17.1 Å². The Hall–Kier alpha value is -8.72. The molecule has 310 valence electrons. The Balaban J connectivity index is 1.05. The standard InChI is InChI=1S/C64H43NO/c1-3-17-44(18-4-1)49-37-42-57(56-25-10-9-24-54(56)45-19-5-2-6-20-45)61(43-49)58-26-11-13-31-62(58)65(50-38-33-47(34-39-50)53-28-15-22-46-21-7-8-23-52(46)53)51-40-35-48(36-41-51)55-29-16-30-60-59-27-12-14-32-63(59)66-64(55)60/h1-43H. The molecule has 1 aromatic heterocycles. The minimum absolute atomic E-state index is 0.897. The van der Waals surface area contributed by atoms with Gasteiger partial charge in [0.1, 0.15) is 11.2 Å². The van der Waals surface area contributed by atoms with Crippen molar-refractivity contribution in [1.82, 2.24) is 0 Å². The zero-order valence-electron chi connectivity index (χ0n) is 36.2. The summed E-state index contributed by atoms with van der Waals surface area (Å²) in [7, 11) is 0. The number of rotatable bonds is 9. The van der Waals surface area contributed by atoms with E-state index in [1.807, 2.05) is 12.1 Å². The third-order valence-electron chi connectivity index (χ3n) is 12.9. The van der Waals surface area contributed by atoms with E-state index in [9.17, 15) is 0 Å². The van der Waals surface area contributed by atoms with Crippen molar-refractivity contribution < 1.29 is 4.42 Å². The Kier molecular flexibility index (Phi) is 9.89. The van der Waals surface area contributed by atoms with Gasteiger partial charge in [0, 0.05) is 33.3 Å². The SMILES string of the molecule is c1ccc(-c2ccc(-c3ccccc3-c3ccccc3)c(-c3ccccc3N(c3ccc(-c4cccc5ccccc45)cc3)c3ccc(-c4cccc5c4oc4ccccc45)cc3)c2)cc1. The largest absolute Gasteiger partial charge is 0.455 e. The average molecular weight is 842 g/mol. The highest BCUT2D eigenvalue weighted by Gasteiger charge is 2.22. The highest BCUT2D eigenvalue weighted by molar-refractivity contribution is 6.09. The Labute approximate surface area is 384 Å². The van der Waals surface area contributed by atoms with Gasteiger partial charge in [-0.2, -0.15) is 0 Å². The predicted molar refractivity (Wildman–Crippen MR) is 279 cm³/mol. The molecule has 1 heterocycles. The van der Waals surface area contributed by atoms with E-state index in [0.717, 1.165) is 66.8 Å². The first-order valence-electron chi connectivity index (χ1n) is 22.6. The molecule has 0 amide bonds. The second kappa shape index (κ2) is 16.8. The van der Waals surface area contributed by atoms with Crippen LogP contribution in [0.3, 0.4) is 0 Å². The lowest BCUT2D eigenvalue weighted by Crippen LogP contribution is -2.11. The van der Waals surface area contributed by atoms with Crippen LogP contribution in [0.5, 0.6) is 0 Å². The molecule has 12 aromatic rings. The monoisotopic (exact) mass is 841 g/mol. The van der Waals surface area contributed by atoms with Gasteiger partial charge in [0.05, 0.1) is 5.69 Å². The third kappa shape index (κ3) is 7.02. The first-order chi connectivity index (χ1) is 32.7. The quantitative estimate of drug-likeness (QED) is 0.144. The van der Waals surface area contributed by atoms with Gasteiger partial charge >= 0.3 is 0 Å². The van der Waals surface area contributed by atoms with Crippen molar-refractivity contribution in [3.63, 3.8) is 0 Å². The van der Waals surface area contributed by atoms with Crippen molar-refractivity contribution >= 4 is 49.8 Å². The van der Waals surface area contributed by atoms with E-state index in [2.05, 4.69) is 254 Å². The number of nitrogens with zero attached hydrogens (tertiary/aromatic N) is 1. The molecule has 2 nitrogen and oxygen atoms in total. The summed E-state index contributed by atoms with van der Waals surface area (Å²) in [5, 5.41) is 4.72. The van der Waals surface area contributed by atoms with Gasteiger partial charge in [0.25, 0.3) is 0 Å². The van der Waals surface area contributed by atoms with Crippen LogP contribution in [0.2, 0.25) is 0 Å². The number of hydrogen-bond donors (Lipinski definition) is 0. The molecule has 0 aliphatic rings. The zero-order chi connectivity index (χ0) is 43.8. The number of fused-ring (bicyclic) bond motifs is 4. The Morgan fingerprint density at radius 3 is 1.50 bits per heavy atom. The van der Waals surface area contributed by atoms with Crippen LogP contribution in [0.15, 0.2) is 265 Å². The van der Waals surface area contributed by atoms with Gasteiger partial charge in [-0.25, -0.2) is 0 Å². The van der Waals surface area contributed by atoms with E-state index in [4.69, 9.17) is 4.42 Å². The summed E-state index contributed by atoms with van der Waals surface area (Å²) < 4.78 is 6.51. The minimum atomic E-state index is 0.897. The molecule has 0 aliphatic heterocycles. The number of hydrogen-bond acceptors (Lipinski definition) is 2. The number of para-hydroxylation sites is 3. The fourth-order valence-electron chi connectivity index (χ4n) is 9.75. The van der Waals surface area contributed by atoms with Gasteiger partial charge in [0.15, 0.2) is 0 Å². The zero-order valence-corrected chi connectivity index (χ0v) is 36.2. The van der Waals surface area contributed by atoms with E-state index < -0.39 is 0 Å². The van der Waals surface area contributed by atoms with Crippen LogP contribution in [0.25, 0.3) is 99.5 Å². The van der Waals surface area contributed by atoms with E-state index >= 15 is 0 Å². The number of anilines is 3. The summed E-state index contributed by atoms with van der Waals surface area (Å²) in [4.78, 5) is 2.41. The summed E-state index contributed by atoms with van der Waals surface area (Å²) in [6.45, 7) is 0. The lowest BCUT2D eigenvalue weighted by molar-refractivity contribution is 0.670. The van der Waals surface area contributed by atoms with Crippen LogP contribution >= 0.6 is 0 Å². The smallest absolute Gasteiger partial charge is 0.143 e. The molecular formula is C64H43NO. The summed E-state index contributed by atoms with van der Waals surface area (Å²) in [5.74, 6) is 0. The summed E-state index contributed by atoms with van der Waals surface area (Å²) >= 11 is 0. The topological polar surface area (TPSA) is 16.4 Å². The van der Waals surface area contributed by atoms with Crippen molar-refractivity contribution in [1.29, 1.82) is 0 Å². The molecule has 0 N–H and O–H groups in total. The average Bonchev–Trinajstić information content (AvgIpc) is 3.79. The van der Waals surface area contributed by atoms with E-state index in [-0.39, 0.29) is 0 Å². The van der Waals surface area contributed by atoms with Gasteiger partial charge in [-0.1, -0.05) is 218 Å². The van der Waals surface area contributed by atoms with Gasteiger partial charge in [-0.15, -0.1) is 0 Å². The van der Waals surface area contributed by atoms with E-state index in [1.165, 1.54) is 49.7 Å². The van der Waals surface area contributed by atoms with E-state index in [0.29, 0.717) is 0 Å². The number of furan rings is 1. The maximum absolute atomic E-state index is 6.51. The molecule has 0 radical (unpaired) electrons. The predicted octanol–water partition coefficient (Wildman–Crippen LogP) is 18.2. The first kappa shape index (κ1) is 38.9. The molecule has 0 saturated heterocycles. The molecule has 0 bridgehead atoms. The summed E-state index contributed by atoms with van der Waals surface area (Å²) in [5.41, 5.74) is 18.9. The Bertz CT molecular complexity index is 3680. The lowest BCUT2D eigenvalue weighted by atomic mass is 9.86. The van der Waals surface area contributed by atoms with Crippen LogP contribution in [-0.4, -0.2) is 0 Å². The maximum Gasteiger partial charge on any atom is 0.143 e. The Morgan fingerprint density at radius 1 is 0.258 bits per heavy atom. The third-order valence-corrected chi connectivity index (χ3v) is 12.9. The van der Waals surface area contributed by atoms with Crippen molar-refractivity contribution in [3.05, 3.63) is 261 Å². The summed E-state index contributed by atoms with van der Waals surface area (Å²) in [6, 6.07) is 94.0. The van der Waals surface area contributed by atoms with Crippen LogP contribution in [0, 0.1) is 0 Å². The molecule has 0 atom stereocenters. The van der Waals surface area contributed by atoms with Crippen molar-refractivity contribution in [2.75, 3.05) is 4.90 Å². The molecule has 0 spiro atoms. The van der Waals surface area contributed by atoms with Crippen LogP contribution in [-0.2, 0) is 0 Å². The second-order valence-electron chi connectivity index (χ2n) is 16.8. The molecule has 12 rings (SSSR count). The molecule has 2 heteroatoms. The molecule has 11 aromatic carbocycles. The maximum atomic E-state index is 6.51. The summed E-state index contributed by atoms with van der Waals surface area (Å²) in [6.07, 6.45) is 0. The molecule has 0 aliphatic carbocycles. The van der Waals surface area contributed by atoms with Gasteiger partial charge in [-0.05, 0) is 109 Å². The van der Waals surface area contributed by atoms with Gasteiger partial charge in [-0.3, -0.25) is 0 Å². The normalized spacial score (nSPS) is 11.3. The van der Waals surface area contributed by atoms with Crippen LogP contribution < -0.4 is 4.90 Å². The molecule has 66 heavy (non-hydrogen) atoms.